The van der Waals surface area contributed by atoms with Gasteiger partial charge in [-0.15, -0.1) is 0 Å². The lowest BCUT2D eigenvalue weighted by atomic mass is 9.61. The van der Waals surface area contributed by atoms with Gasteiger partial charge in [-0.3, -0.25) is 57.3 Å². The Morgan fingerprint density at radius 2 is 0.417 bits per heavy atom. The average Bonchev–Trinajstić information content (AvgIpc) is 1.59. The van der Waals surface area contributed by atoms with Crippen molar-refractivity contribution in [3.63, 3.8) is 0 Å². The van der Waals surface area contributed by atoms with Gasteiger partial charge in [0, 0.05) is 50.5 Å². The summed E-state index contributed by atoms with van der Waals surface area (Å²) in [5.74, 6) is 6.10. The molecule has 0 N–H and O–H groups in total. The summed E-state index contributed by atoms with van der Waals surface area (Å²) >= 11 is 0. The number of fused-ring (bicyclic) bond motifs is 2. The van der Waals surface area contributed by atoms with E-state index in [1.54, 1.807) is 0 Å². The molecule has 103 heavy (non-hydrogen) atoms. The van der Waals surface area contributed by atoms with Crippen molar-refractivity contribution in [3.05, 3.63) is 77.9 Å². The third-order valence-electron chi connectivity index (χ3n) is 25.8. The highest BCUT2D eigenvalue weighted by atomic mass is 16.2. The van der Waals surface area contributed by atoms with E-state index in [9.17, 15) is 38.4 Å². The Bertz CT molecular complexity index is 3060. The number of amides is 4. The summed E-state index contributed by atoms with van der Waals surface area (Å²) in [7, 11) is 0. The molecule has 4 heterocycles. The van der Waals surface area contributed by atoms with Gasteiger partial charge in [0.15, 0.2) is 0 Å². The molecule has 8 unspecified atom stereocenters. The number of unbranched alkanes of at least 4 members (excludes halogenated alkanes) is 37. The maximum absolute atomic E-state index is 13.9. The van der Waals surface area contributed by atoms with E-state index >= 15 is 0 Å². The molecule has 2 aromatic heterocycles. The highest BCUT2D eigenvalue weighted by molar-refractivity contribution is 6.13. The minimum atomic E-state index is -0.346. The minimum Gasteiger partial charge on any atom is -0.275 e. The topological polar surface area (TPSA) is 153 Å². The van der Waals surface area contributed by atoms with Gasteiger partial charge in [-0.1, -0.05) is 317 Å². The molecule has 3 aromatic rings. The van der Waals surface area contributed by atoms with E-state index in [1.165, 1.54) is 338 Å². The van der Waals surface area contributed by atoms with Crippen LogP contribution in [0.5, 0.6) is 0 Å². The van der Waals surface area contributed by atoms with Crippen LogP contribution in [-0.4, -0.2) is 55.7 Å². The molecule has 7 rings (SSSR count). The number of nitrogens with zero attached hydrogens (tertiary/aromatic N) is 4. The number of carbonyl (C=O) groups excluding carboxylic acids is 4. The smallest absolute Gasteiger partial charge is 0.261 e. The van der Waals surface area contributed by atoms with Crippen LogP contribution in [0.1, 0.15) is 394 Å². The summed E-state index contributed by atoms with van der Waals surface area (Å²) in [6.45, 7) is 11.1. The van der Waals surface area contributed by atoms with Gasteiger partial charge < -0.3 is 0 Å². The number of carbonyl (C=O) groups is 4. The molecule has 0 radical (unpaired) electrons. The van der Waals surface area contributed by atoms with E-state index in [0.29, 0.717) is 26.2 Å². The van der Waals surface area contributed by atoms with Crippen molar-refractivity contribution >= 4 is 45.2 Å². The Labute approximate surface area is 625 Å². The van der Waals surface area contributed by atoms with Crippen LogP contribution in [0.3, 0.4) is 0 Å². The molecule has 580 valence electrons. The highest BCUT2D eigenvalue weighted by Crippen LogP contribution is 2.50. The molecule has 2 aliphatic heterocycles. The van der Waals surface area contributed by atoms with E-state index in [2.05, 4.69) is 27.7 Å². The predicted molar refractivity (Wildman–Crippen MR) is 430 cm³/mol. The van der Waals surface area contributed by atoms with Crippen LogP contribution >= 0.6 is 0 Å². The molecule has 12 nitrogen and oxygen atoms in total. The Hall–Kier alpha value is -4.74. The fourth-order valence-electron chi connectivity index (χ4n) is 19.8. The first-order valence-electron chi connectivity index (χ1n) is 44.4. The SMILES string of the molecule is CCCCCCCCC1C(CCCCCC)CCC(CCCCCCCCCn2c(=O)c3cc4c(=O)n(CCCCCCCCC5C(CCCCCCCCN6C(=O)C=CC6=O)CCC(CCCCCC)C5CCCCCCCC)c(=O)c4cc3c2=O)C1CCCCCCCCN1C(=O)C=CC1=O. The first-order valence-corrected chi connectivity index (χ1v) is 44.4. The fourth-order valence-corrected chi connectivity index (χ4v) is 19.8. The third kappa shape index (κ3) is 28.4. The summed E-state index contributed by atoms with van der Waals surface area (Å²) in [6.07, 6.45) is 77.4. The van der Waals surface area contributed by atoms with Crippen LogP contribution in [0.25, 0.3) is 21.5 Å². The quantitative estimate of drug-likeness (QED) is 0.0400. The Kier molecular flexibility index (Phi) is 41.5. The van der Waals surface area contributed by atoms with Crippen molar-refractivity contribution in [1.29, 1.82) is 0 Å². The van der Waals surface area contributed by atoms with Crippen molar-refractivity contribution in [2.45, 2.75) is 407 Å². The molecule has 0 spiro atoms. The van der Waals surface area contributed by atoms with Crippen molar-refractivity contribution in [1.82, 2.24) is 18.9 Å². The van der Waals surface area contributed by atoms with Crippen molar-refractivity contribution < 1.29 is 19.2 Å². The summed E-state index contributed by atoms with van der Waals surface area (Å²) in [6, 6.07) is 3.08. The summed E-state index contributed by atoms with van der Waals surface area (Å²) < 4.78 is 2.70. The molecule has 12 heteroatoms. The average molecular weight is 1430 g/mol. The zero-order valence-electron chi connectivity index (χ0n) is 66.3. The van der Waals surface area contributed by atoms with Gasteiger partial charge in [0.05, 0.1) is 21.5 Å². The molecule has 1 aromatic carbocycles. The van der Waals surface area contributed by atoms with Gasteiger partial charge in [-0.25, -0.2) is 0 Å². The van der Waals surface area contributed by atoms with Gasteiger partial charge >= 0.3 is 0 Å². The van der Waals surface area contributed by atoms with Gasteiger partial charge in [-0.2, -0.15) is 0 Å². The molecule has 2 aliphatic carbocycles. The zero-order valence-corrected chi connectivity index (χ0v) is 66.3. The maximum atomic E-state index is 13.9. The predicted octanol–water partition coefficient (Wildman–Crippen LogP) is 23.0. The molecule has 0 bridgehead atoms. The monoisotopic (exact) mass is 1430 g/mol. The molecular formula is C91H148N4O8. The second-order valence-electron chi connectivity index (χ2n) is 33.4. The molecule has 2 saturated carbocycles. The van der Waals surface area contributed by atoms with Gasteiger partial charge in [-0.05, 0) is 137 Å². The number of benzene rings is 1. The van der Waals surface area contributed by atoms with Gasteiger partial charge in [0.25, 0.3) is 45.9 Å². The second kappa shape index (κ2) is 50.0. The second-order valence-corrected chi connectivity index (χ2v) is 33.4. The highest BCUT2D eigenvalue weighted by Gasteiger charge is 2.40. The van der Waals surface area contributed by atoms with E-state index in [1.807, 2.05) is 0 Å². The lowest BCUT2D eigenvalue weighted by Gasteiger charge is -2.44. The van der Waals surface area contributed by atoms with Crippen LogP contribution < -0.4 is 22.2 Å². The molecular weight excluding hydrogens is 1280 g/mol. The molecule has 4 amide bonds. The summed E-state index contributed by atoms with van der Waals surface area (Å²) in [5, 5.41) is 1.02. The Balaban J connectivity index is 0.831. The molecule has 8 atom stereocenters. The van der Waals surface area contributed by atoms with Crippen molar-refractivity contribution in [2.75, 3.05) is 13.1 Å². The minimum absolute atomic E-state index is 0.166. The van der Waals surface area contributed by atoms with Crippen molar-refractivity contribution in [3.8, 4) is 0 Å². The van der Waals surface area contributed by atoms with Crippen LogP contribution in [0.2, 0.25) is 0 Å². The van der Waals surface area contributed by atoms with Crippen molar-refractivity contribution in [2.24, 2.45) is 47.3 Å². The van der Waals surface area contributed by atoms with Crippen LogP contribution in [0.15, 0.2) is 55.6 Å². The number of imide groups is 2. The molecule has 4 aliphatic rings. The lowest BCUT2D eigenvalue weighted by molar-refractivity contribution is -0.138. The Morgan fingerprint density at radius 1 is 0.233 bits per heavy atom. The van der Waals surface area contributed by atoms with Gasteiger partial charge in [0.2, 0.25) is 0 Å². The van der Waals surface area contributed by atoms with Crippen LogP contribution in [-0.2, 0) is 32.3 Å². The van der Waals surface area contributed by atoms with Gasteiger partial charge in [0.1, 0.15) is 0 Å². The summed E-state index contributed by atoms with van der Waals surface area (Å²) in [4.78, 5) is 106. The summed E-state index contributed by atoms with van der Waals surface area (Å²) in [5.41, 5.74) is -1.38. The number of rotatable bonds is 61. The van der Waals surface area contributed by atoms with Crippen LogP contribution in [0, 0.1) is 47.3 Å². The Morgan fingerprint density at radius 3 is 0.650 bits per heavy atom. The first-order chi connectivity index (χ1) is 50.4. The molecule has 0 saturated heterocycles. The number of hydrogen-bond donors (Lipinski definition) is 0. The van der Waals surface area contributed by atoms with E-state index < -0.39 is 0 Å². The normalized spacial score (nSPS) is 20.9. The van der Waals surface area contributed by atoms with Crippen LogP contribution in [0.4, 0.5) is 0 Å². The third-order valence-corrected chi connectivity index (χ3v) is 25.8. The van der Waals surface area contributed by atoms with E-state index in [-0.39, 0.29) is 67.4 Å². The first kappa shape index (κ1) is 85.5. The van der Waals surface area contributed by atoms with E-state index in [0.717, 1.165) is 131 Å². The standard InChI is InChI=1S/C91H148N4O8/c1-5-9-13-17-30-42-54-76-72(50-38-15-11-7-3)58-60-74(78(76)56-44-32-22-26-35-47-67-93-86(98)64-65-87(93)99)52-40-28-20-19-24-36-48-68-94-88(100)80-70-82-83(71-81(80)89(94)101)91(103)95(90(82)102)69-49-37-27-23-33-45-57-79-75(53-41-29-21-25-34-46-66-92-84(96)62-63-85(92)97)61-59-73(51-39-16-12-8-4)77(79)55-43-31-18-14-10-6-2/h62-65,70-79H,5-61,66-69H2,1-4H3. The van der Waals surface area contributed by atoms with E-state index in [4.69, 9.17) is 0 Å². The maximum Gasteiger partial charge on any atom is 0.261 e. The lowest BCUT2D eigenvalue weighted by Crippen LogP contribution is -2.35. The number of hydrogen-bond acceptors (Lipinski definition) is 8. The molecule has 2 fully saturated rings. The fraction of sp³-hybridized carbons (Fsp3) is 0.802. The number of aromatic nitrogens is 2. The largest absolute Gasteiger partial charge is 0.275 e. The zero-order chi connectivity index (χ0) is 73.2.